The summed E-state index contributed by atoms with van der Waals surface area (Å²) >= 11 is 0. The molecule has 0 spiro atoms. The van der Waals surface area contributed by atoms with Crippen molar-refractivity contribution in [3.05, 3.63) is 41.5 Å². The van der Waals surface area contributed by atoms with Crippen molar-refractivity contribution < 1.29 is 4.74 Å². The van der Waals surface area contributed by atoms with Crippen LogP contribution in [0.25, 0.3) is 0 Å². The molecule has 0 saturated carbocycles. The molecule has 5 nitrogen and oxygen atoms in total. The van der Waals surface area contributed by atoms with Gasteiger partial charge in [-0.3, -0.25) is 0 Å². The Kier molecular flexibility index (Phi) is 3.72. The zero-order valence-corrected chi connectivity index (χ0v) is 10.8. The van der Waals surface area contributed by atoms with E-state index in [1.165, 1.54) is 0 Å². The Morgan fingerprint density at radius 3 is 2.56 bits per heavy atom. The minimum atomic E-state index is 0.634. The molecule has 2 rings (SSSR count). The van der Waals surface area contributed by atoms with Gasteiger partial charge in [0.05, 0.1) is 12.8 Å². The van der Waals surface area contributed by atoms with Crippen molar-refractivity contribution in [2.45, 2.75) is 20.8 Å². The van der Waals surface area contributed by atoms with E-state index in [0.717, 1.165) is 23.0 Å². The lowest BCUT2D eigenvalue weighted by Gasteiger charge is -2.06. The van der Waals surface area contributed by atoms with Crippen LogP contribution in [-0.4, -0.2) is 27.7 Å². The molecule has 1 heterocycles. The lowest BCUT2D eigenvalue weighted by atomic mass is 10.2. The monoisotopic (exact) mass is 244 g/mol. The minimum Gasteiger partial charge on any atom is -0.493 e. The smallest absolute Gasteiger partial charge is 0.151 e. The van der Waals surface area contributed by atoms with Crippen LogP contribution in [0.2, 0.25) is 0 Å². The normalized spacial score (nSPS) is 11.1. The minimum absolute atomic E-state index is 0.634. The summed E-state index contributed by atoms with van der Waals surface area (Å²) < 4.78 is 7.23. The molecule has 2 aromatic rings. The number of aromatic nitrogens is 3. The van der Waals surface area contributed by atoms with Gasteiger partial charge in [-0.05, 0) is 32.9 Å². The second kappa shape index (κ2) is 5.44. The SMILES string of the molecule is CCOc1ccccc1/C=N/n1c(C)nnc1C. The van der Waals surface area contributed by atoms with Crippen molar-refractivity contribution in [1.82, 2.24) is 14.9 Å². The Labute approximate surface area is 106 Å². The van der Waals surface area contributed by atoms with Crippen LogP contribution >= 0.6 is 0 Å². The quantitative estimate of drug-likeness (QED) is 0.774. The molecule has 0 bridgehead atoms. The van der Waals surface area contributed by atoms with Gasteiger partial charge >= 0.3 is 0 Å². The largest absolute Gasteiger partial charge is 0.493 e. The summed E-state index contributed by atoms with van der Waals surface area (Å²) in [5, 5.41) is 12.3. The first kappa shape index (κ1) is 12.3. The number of ether oxygens (including phenoxy) is 1. The van der Waals surface area contributed by atoms with Crippen LogP contribution in [0.5, 0.6) is 5.75 Å². The molecule has 0 saturated heterocycles. The van der Waals surface area contributed by atoms with Crippen LogP contribution in [0.1, 0.15) is 24.1 Å². The van der Waals surface area contributed by atoms with Crippen molar-refractivity contribution in [3.63, 3.8) is 0 Å². The Morgan fingerprint density at radius 2 is 1.89 bits per heavy atom. The van der Waals surface area contributed by atoms with Gasteiger partial charge in [-0.1, -0.05) is 12.1 Å². The molecule has 5 heteroatoms. The van der Waals surface area contributed by atoms with Gasteiger partial charge in [0, 0.05) is 5.56 Å². The highest BCUT2D eigenvalue weighted by Crippen LogP contribution is 2.15. The maximum atomic E-state index is 5.54. The first-order valence-electron chi connectivity index (χ1n) is 5.87. The molecule has 0 N–H and O–H groups in total. The number of aryl methyl sites for hydroxylation is 2. The second-order valence-corrected chi connectivity index (χ2v) is 3.82. The van der Waals surface area contributed by atoms with Gasteiger partial charge in [-0.25, -0.2) is 4.68 Å². The fourth-order valence-electron chi connectivity index (χ4n) is 1.62. The van der Waals surface area contributed by atoms with Crippen LogP contribution in [0.3, 0.4) is 0 Å². The number of hydrogen-bond donors (Lipinski definition) is 0. The molecular formula is C13H16N4O. The van der Waals surface area contributed by atoms with Crippen LogP contribution in [-0.2, 0) is 0 Å². The van der Waals surface area contributed by atoms with Gasteiger partial charge in [-0.15, -0.1) is 10.2 Å². The average Bonchev–Trinajstić information content (AvgIpc) is 2.69. The Morgan fingerprint density at radius 1 is 1.22 bits per heavy atom. The zero-order valence-electron chi connectivity index (χ0n) is 10.8. The highest BCUT2D eigenvalue weighted by molar-refractivity contribution is 5.83. The van der Waals surface area contributed by atoms with Crippen LogP contribution in [0.4, 0.5) is 0 Å². The summed E-state index contributed by atoms with van der Waals surface area (Å²) in [4.78, 5) is 0. The predicted octanol–water partition coefficient (Wildman–Crippen LogP) is 2.18. The van der Waals surface area contributed by atoms with E-state index in [9.17, 15) is 0 Å². The third-order valence-corrected chi connectivity index (χ3v) is 2.48. The van der Waals surface area contributed by atoms with Gasteiger partial charge in [0.25, 0.3) is 0 Å². The second-order valence-electron chi connectivity index (χ2n) is 3.82. The topological polar surface area (TPSA) is 52.3 Å². The molecule has 1 aromatic heterocycles. The predicted molar refractivity (Wildman–Crippen MR) is 70.1 cm³/mol. The summed E-state index contributed by atoms with van der Waals surface area (Å²) in [6.45, 7) is 6.33. The standard InChI is InChI=1S/C13H16N4O/c1-4-18-13-8-6-5-7-12(13)9-14-17-10(2)15-16-11(17)3/h5-9H,4H2,1-3H3/b14-9+. The molecule has 0 aliphatic heterocycles. The number of para-hydroxylation sites is 1. The molecule has 0 atom stereocenters. The molecule has 1 aromatic carbocycles. The van der Waals surface area contributed by atoms with Crippen molar-refractivity contribution >= 4 is 6.21 Å². The lowest BCUT2D eigenvalue weighted by molar-refractivity contribution is 0.340. The summed E-state index contributed by atoms with van der Waals surface area (Å²) in [6, 6.07) is 7.79. The fraction of sp³-hybridized carbons (Fsp3) is 0.308. The van der Waals surface area contributed by atoms with E-state index in [2.05, 4.69) is 15.3 Å². The van der Waals surface area contributed by atoms with E-state index in [-0.39, 0.29) is 0 Å². The number of hydrogen-bond acceptors (Lipinski definition) is 4. The first-order valence-corrected chi connectivity index (χ1v) is 5.87. The van der Waals surface area contributed by atoms with Crippen molar-refractivity contribution in [2.75, 3.05) is 6.61 Å². The van der Waals surface area contributed by atoms with Gasteiger partial charge in [0.15, 0.2) is 11.6 Å². The van der Waals surface area contributed by atoms with E-state index in [1.54, 1.807) is 10.9 Å². The summed E-state index contributed by atoms with van der Waals surface area (Å²) in [5.74, 6) is 2.35. The van der Waals surface area contributed by atoms with E-state index in [4.69, 9.17) is 4.74 Å². The van der Waals surface area contributed by atoms with Crippen molar-refractivity contribution in [2.24, 2.45) is 5.10 Å². The number of rotatable bonds is 4. The molecule has 0 unspecified atom stereocenters. The Bertz CT molecular complexity index is 540. The fourth-order valence-corrected chi connectivity index (χ4v) is 1.62. The highest BCUT2D eigenvalue weighted by Gasteiger charge is 2.03. The van der Waals surface area contributed by atoms with E-state index < -0.39 is 0 Å². The van der Waals surface area contributed by atoms with E-state index in [1.807, 2.05) is 45.0 Å². The van der Waals surface area contributed by atoms with Gasteiger partial charge in [0.1, 0.15) is 5.75 Å². The average molecular weight is 244 g/mol. The molecule has 0 aliphatic carbocycles. The Hall–Kier alpha value is -2.17. The zero-order chi connectivity index (χ0) is 13.0. The van der Waals surface area contributed by atoms with Gasteiger partial charge in [-0.2, -0.15) is 5.10 Å². The van der Waals surface area contributed by atoms with E-state index >= 15 is 0 Å². The van der Waals surface area contributed by atoms with Crippen LogP contribution in [0, 0.1) is 13.8 Å². The maximum absolute atomic E-state index is 5.54. The van der Waals surface area contributed by atoms with Gasteiger partial charge in [0.2, 0.25) is 0 Å². The summed E-state index contributed by atoms with van der Waals surface area (Å²) in [6.07, 6.45) is 1.76. The molecular weight excluding hydrogens is 228 g/mol. The van der Waals surface area contributed by atoms with Crippen molar-refractivity contribution in [1.29, 1.82) is 0 Å². The first-order chi connectivity index (χ1) is 8.72. The Balaban J connectivity index is 2.29. The van der Waals surface area contributed by atoms with Gasteiger partial charge < -0.3 is 4.74 Å². The molecule has 0 aliphatic rings. The third kappa shape index (κ3) is 2.56. The molecule has 18 heavy (non-hydrogen) atoms. The maximum Gasteiger partial charge on any atom is 0.151 e. The molecule has 0 radical (unpaired) electrons. The van der Waals surface area contributed by atoms with Crippen LogP contribution in [0.15, 0.2) is 29.4 Å². The lowest BCUT2D eigenvalue weighted by Crippen LogP contribution is -1.99. The molecule has 0 fully saturated rings. The summed E-state index contributed by atoms with van der Waals surface area (Å²) in [5.41, 5.74) is 0.937. The summed E-state index contributed by atoms with van der Waals surface area (Å²) in [7, 11) is 0. The third-order valence-electron chi connectivity index (χ3n) is 2.48. The number of benzene rings is 1. The highest BCUT2D eigenvalue weighted by atomic mass is 16.5. The number of nitrogens with zero attached hydrogens (tertiary/aromatic N) is 4. The molecule has 0 amide bonds. The van der Waals surface area contributed by atoms with Crippen LogP contribution < -0.4 is 4.74 Å². The van der Waals surface area contributed by atoms with Crippen molar-refractivity contribution in [3.8, 4) is 5.75 Å². The van der Waals surface area contributed by atoms with E-state index in [0.29, 0.717) is 6.61 Å². The molecule has 94 valence electrons.